The van der Waals surface area contributed by atoms with Crippen LogP contribution in [-0.2, 0) is 16.8 Å². The number of amides is 1. The molecule has 1 amide bonds. The zero-order valence-electron chi connectivity index (χ0n) is 21.2. The summed E-state index contributed by atoms with van der Waals surface area (Å²) in [6.07, 6.45) is 0.272. The quantitative estimate of drug-likeness (QED) is 0.533. The first-order chi connectivity index (χ1) is 16.5. The third kappa shape index (κ3) is 4.94. The number of carbonyl (C=O) groups is 2. The van der Waals surface area contributed by atoms with Crippen LogP contribution in [0.25, 0.3) is 0 Å². The van der Waals surface area contributed by atoms with Gasteiger partial charge >= 0.3 is 0 Å². The fourth-order valence-electron chi connectivity index (χ4n) is 4.12. The van der Waals surface area contributed by atoms with Gasteiger partial charge in [-0.25, -0.2) is 4.39 Å². The molecule has 2 N–H and O–H groups in total. The van der Waals surface area contributed by atoms with E-state index in [1.807, 2.05) is 20.8 Å². The van der Waals surface area contributed by atoms with Gasteiger partial charge in [0.05, 0.1) is 39.1 Å². The summed E-state index contributed by atoms with van der Waals surface area (Å²) in [5, 5.41) is 11.3. The molecule has 2 aromatic rings. The molecule has 35 heavy (non-hydrogen) atoms. The number of amidine groups is 1. The van der Waals surface area contributed by atoms with Gasteiger partial charge in [-0.05, 0) is 29.2 Å². The third-order valence-electron chi connectivity index (χ3n) is 5.96. The molecule has 0 bridgehead atoms. The van der Waals surface area contributed by atoms with Crippen LogP contribution in [0.5, 0.6) is 17.2 Å². The van der Waals surface area contributed by atoms with Crippen molar-refractivity contribution in [3.8, 4) is 17.2 Å². The minimum atomic E-state index is -0.689. The summed E-state index contributed by atoms with van der Waals surface area (Å²) in [6.45, 7) is 7.73. The number of nitrogens with zero attached hydrogens (tertiary/aromatic N) is 1. The van der Waals surface area contributed by atoms with Crippen molar-refractivity contribution in [2.75, 3.05) is 33.2 Å². The molecule has 0 aliphatic carbocycles. The summed E-state index contributed by atoms with van der Waals surface area (Å²) in [7, 11) is 4.27. The monoisotopic (exact) mass is 485 g/mol. The largest absolute Gasteiger partial charge is 0.494 e. The number of Topliss-reactive ketones (excluding diaryl/α,β-unsaturated/α-hetero) is 1. The standard InChI is InChI=1S/C26H32FN3O5/c1-8-20(32)29-17-10-14(9-16(23(17)34-6)26(2,3)4)18(31)13-30-12-15-11-19(33-5)24(35-7)22(27)21(15)25(30)28/h9-11,28H,8,12-13H2,1-7H3,(H,29,32). The SMILES string of the molecule is CCC(=O)Nc1cc(C(=O)CN2Cc3cc(OC)c(OC)c(F)c3C2=N)cc(C(C)(C)C)c1OC. The molecule has 3 rings (SSSR count). The van der Waals surface area contributed by atoms with Crippen LogP contribution in [0.3, 0.4) is 0 Å². The lowest BCUT2D eigenvalue weighted by Crippen LogP contribution is -2.31. The number of rotatable bonds is 8. The average molecular weight is 486 g/mol. The number of ether oxygens (including phenoxy) is 3. The molecule has 0 atom stereocenters. The van der Waals surface area contributed by atoms with E-state index in [-0.39, 0.29) is 59.5 Å². The predicted octanol–water partition coefficient (Wildman–Crippen LogP) is 4.52. The number of ketones is 1. The summed E-state index contributed by atoms with van der Waals surface area (Å²) in [5.74, 6) is -0.624. The van der Waals surface area contributed by atoms with E-state index in [0.29, 0.717) is 22.6 Å². The van der Waals surface area contributed by atoms with E-state index < -0.39 is 5.82 Å². The highest BCUT2D eigenvalue weighted by atomic mass is 19.1. The summed E-state index contributed by atoms with van der Waals surface area (Å²) in [5.41, 5.74) is 1.80. The van der Waals surface area contributed by atoms with Crippen molar-refractivity contribution in [3.63, 3.8) is 0 Å². The number of methoxy groups -OCH3 is 3. The lowest BCUT2D eigenvalue weighted by molar-refractivity contribution is -0.115. The average Bonchev–Trinajstić information content (AvgIpc) is 3.12. The van der Waals surface area contributed by atoms with Crippen LogP contribution in [0.15, 0.2) is 18.2 Å². The minimum Gasteiger partial charge on any atom is -0.494 e. The van der Waals surface area contributed by atoms with E-state index in [4.69, 9.17) is 19.6 Å². The maximum atomic E-state index is 15.1. The smallest absolute Gasteiger partial charge is 0.224 e. The Kier molecular flexibility index (Phi) is 7.38. The van der Waals surface area contributed by atoms with Crippen molar-refractivity contribution in [1.29, 1.82) is 5.41 Å². The van der Waals surface area contributed by atoms with E-state index >= 15 is 4.39 Å². The molecule has 0 saturated heterocycles. The van der Waals surface area contributed by atoms with Gasteiger partial charge in [-0.3, -0.25) is 15.0 Å². The van der Waals surface area contributed by atoms with Crippen molar-refractivity contribution >= 4 is 23.2 Å². The zero-order valence-corrected chi connectivity index (χ0v) is 21.2. The van der Waals surface area contributed by atoms with E-state index in [1.54, 1.807) is 25.1 Å². The molecule has 1 heterocycles. The summed E-state index contributed by atoms with van der Waals surface area (Å²) < 4.78 is 31.0. The zero-order chi connectivity index (χ0) is 26.1. The van der Waals surface area contributed by atoms with Gasteiger partial charge < -0.3 is 24.4 Å². The summed E-state index contributed by atoms with van der Waals surface area (Å²) in [6, 6.07) is 4.96. The third-order valence-corrected chi connectivity index (χ3v) is 5.96. The second-order valence-electron chi connectivity index (χ2n) is 9.34. The summed E-state index contributed by atoms with van der Waals surface area (Å²) >= 11 is 0. The molecule has 1 aliphatic heterocycles. The number of hydrogen-bond acceptors (Lipinski definition) is 6. The van der Waals surface area contributed by atoms with Gasteiger partial charge in [0.25, 0.3) is 0 Å². The second kappa shape index (κ2) is 9.93. The number of fused-ring (bicyclic) bond motifs is 1. The number of nitrogens with one attached hydrogen (secondary N) is 2. The van der Waals surface area contributed by atoms with Crippen LogP contribution in [0.4, 0.5) is 10.1 Å². The van der Waals surface area contributed by atoms with Crippen LogP contribution in [0.1, 0.15) is 61.2 Å². The molecule has 0 unspecified atom stereocenters. The Morgan fingerprint density at radius 1 is 1.09 bits per heavy atom. The Labute approximate surface area is 204 Å². The Bertz CT molecular complexity index is 1190. The Hall–Kier alpha value is -3.62. The van der Waals surface area contributed by atoms with Crippen LogP contribution in [-0.4, -0.2) is 50.3 Å². The number of carbonyl (C=O) groups excluding carboxylic acids is 2. The fourth-order valence-corrected chi connectivity index (χ4v) is 4.12. The molecule has 1 aliphatic rings. The number of halogens is 1. The van der Waals surface area contributed by atoms with Gasteiger partial charge in [-0.15, -0.1) is 0 Å². The molecule has 0 fully saturated rings. The van der Waals surface area contributed by atoms with Crippen LogP contribution < -0.4 is 19.5 Å². The molecule has 188 valence electrons. The number of benzene rings is 2. The highest BCUT2D eigenvalue weighted by Crippen LogP contribution is 2.40. The first-order valence-electron chi connectivity index (χ1n) is 11.3. The number of anilines is 1. The first-order valence-corrected chi connectivity index (χ1v) is 11.3. The fraction of sp³-hybridized carbons (Fsp3) is 0.423. The van der Waals surface area contributed by atoms with Gasteiger partial charge in [-0.2, -0.15) is 0 Å². The van der Waals surface area contributed by atoms with Crippen molar-refractivity contribution in [3.05, 3.63) is 46.3 Å². The molecule has 8 nitrogen and oxygen atoms in total. The second-order valence-corrected chi connectivity index (χ2v) is 9.34. The van der Waals surface area contributed by atoms with Crippen molar-refractivity contribution in [1.82, 2.24) is 4.90 Å². The first kappa shape index (κ1) is 26.0. The Morgan fingerprint density at radius 2 is 1.74 bits per heavy atom. The highest BCUT2D eigenvalue weighted by molar-refractivity contribution is 6.06. The Morgan fingerprint density at radius 3 is 2.29 bits per heavy atom. The minimum absolute atomic E-state index is 0.0783. The van der Waals surface area contributed by atoms with E-state index in [0.717, 1.165) is 5.56 Å². The van der Waals surface area contributed by atoms with E-state index in [2.05, 4.69) is 5.32 Å². The van der Waals surface area contributed by atoms with Crippen LogP contribution in [0, 0.1) is 11.2 Å². The molecule has 0 saturated carbocycles. The normalized spacial score (nSPS) is 12.9. The molecule has 0 spiro atoms. The van der Waals surface area contributed by atoms with E-state index in [9.17, 15) is 9.59 Å². The topological polar surface area (TPSA) is 101 Å². The predicted molar refractivity (Wildman–Crippen MR) is 132 cm³/mol. The molecule has 2 aromatic carbocycles. The molecule has 9 heteroatoms. The molecule has 0 aromatic heterocycles. The maximum absolute atomic E-state index is 15.1. The highest BCUT2D eigenvalue weighted by Gasteiger charge is 2.33. The molecule has 0 radical (unpaired) electrons. The van der Waals surface area contributed by atoms with Crippen molar-refractivity contribution in [2.45, 2.75) is 46.1 Å². The Balaban J connectivity index is 1.97. The lowest BCUT2D eigenvalue weighted by Gasteiger charge is -2.25. The van der Waals surface area contributed by atoms with Crippen molar-refractivity contribution < 1.29 is 28.2 Å². The van der Waals surface area contributed by atoms with Gasteiger partial charge in [0.1, 0.15) is 11.6 Å². The van der Waals surface area contributed by atoms with Crippen LogP contribution >= 0.6 is 0 Å². The van der Waals surface area contributed by atoms with Gasteiger partial charge in [0.15, 0.2) is 23.1 Å². The lowest BCUT2D eigenvalue weighted by atomic mass is 9.84. The molecular formula is C26H32FN3O5. The van der Waals surface area contributed by atoms with Crippen LogP contribution in [0.2, 0.25) is 0 Å². The van der Waals surface area contributed by atoms with Gasteiger partial charge in [0.2, 0.25) is 5.91 Å². The van der Waals surface area contributed by atoms with E-state index in [1.165, 1.54) is 26.2 Å². The maximum Gasteiger partial charge on any atom is 0.224 e. The van der Waals surface area contributed by atoms with Gasteiger partial charge in [0, 0.05) is 24.1 Å². The summed E-state index contributed by atoms with van der Waals surface area (Å²) in [4.78, 5) is 27.0. The van der Waals surface area contributed by atoms with Crippen molar-refractivity contribution in [2.24, 2.45) is 0 Å². The molecular weight excluding hydrogens is 453 g/mol. The number of hydrogen-bond donors (Lipinski definition) is 2. The van der Waals surface area contributed by atoms with Gasteiger partial charge in [-0.1, -0.05) is 27.7 Å².